The van der Waals surface area contributed by atoms with Gasteiger partial charge >= 0.3 is 0 Å². The van der Waals surface area contributed by atoms with Crippen LogP contribution < -0.4 is 11.1 Å². The zero-order valence-corrected chi connectivity index (χ0v) is 6.55. The molecule has 1 fully saturated rings. The molecule has 1 saturated carbocycles. The van der Waals surface area contributed by atoms with Crippen molar-refractivity contribution in [2.24, 2.45) is 5.73 Å². The van der Waals surface area contributed by atoms with Gasteiger partial charge in [-0.3, -0.25) is 4.79 Å². The van der Waals surface area contributed by atoms with Crippen molar-refractivity contribution in [1.29, 1.82) is 0 Å². The van der Waals surface area contributed by atoms with Gasteiger partial charge in [0.1, 0.15) is 0 Å². The van der Waals surface area contributed by atoms with E-state index >= 15 is 0 Å². The largest absolute Gasteiger partial charge is 0.348 e. The van der Waals surface area contributed by atoms with Gasteiger partial charge in [0.05, 0.1) is 0 Å². The van der Waals surface area contributed by atoms with E-state index in [9.17, 15) is 4.79 Å². The van der Waals surface area contributed by atoms with Gasteiger partial charge in [0, 0.05) is 12.1 Å². The Morgan fingerprint density at radius 1 is 1.64 bits per heavy atom. The zero-order chi connectivity index (χ0) is 8.27. The highest BCUT2D eigenvalue weighted by Gasteiger charge is 2.24. The van der Waals surface area contributed by atoms with Gasteiger partial charge in [-0.15, -0.1) is 0 Å². The summed E-state index contributed by atoms with van der Waals surface area (Å²) < 4.78 is 0. The normalized spacial score (nSPS) is 29.9. The highest BCUT2D eigenvalue weighted by Crippen LogP contribution is 2.16. The molecule has 3 N–H and O–H groups in total. The second kappa shape index (κ2) is 3.53. The first kappa shape index (κ1) is 8.27. The molecule has 3 heteroatoms. The lowest BCUT2D eigenvalue weighted by molar-refractivity contribution is -0.117. The van der Waals surface area contributed by atoms with Gasteiger partial charge in [0.15, 0.2) is 0 Å². The quantitative estimate of drug-likeness (QED) is 0.557. The first-order valence-electron chi connectivity index (χ1n) is 3.92. The summed E-state index contributed by atoms with van der Waals surface area (Å²) in [7, 11) is 0. The first-order valence-corrected chi connectivity index (χ1v) is 3.92. The third kappa shape index (κ3) is 2.05. The molecule has 0 aromatic heterocycles. The Balaban J connectivity index is 2.36. The maximum atomic E-state index is 10.8. The number of nitrogens with two attached hydrogens (primary N) is 1. The molecule has 0 aromatic rings. The monoisotopic (exact) mass is 154 g/mol. The van der Waals surface area contributed by atoms with Gasteiger partial charge in [0.2, 0.25) is 5.91 Å². The summed E-state index contributed by atoms with van der Waals surface area (Å²) in [6, 6.07) is 0.305. The predicted molar refractivity (Wildman–Crippen MR) is 44.0 cm³/mol. The first-order chi connectivity index (χ1) is 5.24. The summed E-state index contributed by atoms with van der Waals surface area (Å²) in [6.07, 6.45) is 4.41. The van der Waals surface area contributed by atoms with Gasteiger partial charge in [0.25, 0.3) is 0 Å². The smallest absolute Gasteiger partial charge is 0.243 e. The lowest BCUT2D eigenvalue weighted by atomic mass is 10.2. The fraction of sp³-hybridized carbons (Fsp3) is 0.625. The van der Waals surface area contributed by atoms with Crippen LogP contribution in [0.25, 0.3) is 0 Å². The summed E-state index contributed by atoms with van der Waals surface area (Å²) in [4.78, 5) is 10.8. The van der Waals surface area contributed by atoms with Gasteiger partial charge < -0.3 is 11.1 Å². The SMILES string of the molecule is C=CC(=O)N[C@@H]1CCC[C@@H]1N. The summed E-state index contributed by atoms with van der Waals surface area (Å²) in [5.74, 6) is -0.118. The number of rotatable bonds is 2. The Bertz CT molecular complexity index is 167. The maximum absolute atomic E-state index is 10.8. The highest BCUT2D eigenvalue weighted by molar-refractivity contribution is 5.87. The topological polar surface area (TPSA) is 55.1 Å². The molecule has 3 nitrogen and oxygen atoms in total. The molecule has 0 bridgehead atoms. The van der Waals surface area contributed by atoms with E-state index in [1.807, 2.05) is 0 Å². The molecule has 1 aliphatic rings. The Kier molecular flexibility index (Phi) is 2.65. The third-order valence-electron chi connectivity index (χ3n) is 2.08. The number of nitrogens with one attached hydrogen (secondary N) is 1. The summed E-state index contributed by atoms with van der Waals surface area (Å²) in [5, 5.41) is 2.80. The van der Waals surface area contributed by atoms with Crippen LogP contribution in [0.2, 0.25) is 0 Å². The van der Waals surface area contributed by atoms with Gasteiger partial charge in [-0.25, -0.2) is 0 Å². The van der Waals surface area contributed by atoms with E-state index in [4.69, 9.17) is 5.73 Å². The lowest BCUT2D eigenvalue weighted by Gasteiger charge is -2.15. The van der Waals surface area contributed by atoms with Crippen molar-refractivity contribution in [3.8, 4) is 0 Å². The second-order valence-corrected chi connectivity index (χ2v) is 2.91. The average Bonchev–Trinajstić information content (AvgIpc) is 2.37. The highest BCUT2D eigenvalue weighted by atomic mass is 16.1. The van der Waals surface area contributed by atoms with Crippen molar-refractivity contribution in [1.82, 2.24) is 5.32 Å². The number of carbonyl (C=O) groups is 1. The zero-order valence-electron chi connectivity index (χ0n) is 6.55. The van der Waals surface area contributed by atoms with Crippen molar-refractivity contribution in [2.75, 3.05) is 0 Å². The third-order valence-corrected chi connectivity index (χ3v) is 2.08. The van der Waals surface area contributed by atoms with Crippen molar-refractivity contribution >= 4 is 5.91 Å². The van der Waals surface area contributed by atoms with Crippen molar-refractivity contribution < 1.29 is 4.79 Å². The van der Waals surface area contributed by atoms with Gasteiger partial charge in [-0.05, 0) is 25.3 Å². The van der Waals surface area contributed by atoms with Crippen LogP contribution >= 0.6 is 0 Å². The van der Waals surface area contributed by atoms with E-state index in [2.05, 4.69) is 11.9 Å². The van der Waals surface area contributed by atoms with E-state index in [1.165, 1.54) is 6.08 Å². The van der Waals surface area contributed by atoms with E-state index in [1.54, 1.807) is 0 Å². The molecular weight excluding hydrogens is 140 g/mol. The number of hydrogen-bond acceptors (Lipinski definition) is 2. The van der Waals surface area contributed by atoms with E-state index in [-0.39, 0.29) is 18.0 Å². The van der Waals surface area contributed by atoms with Crippen LogP contribution in [0.15, 0.2) is 12.7 Å². The Hall–Kier alpha value is -0.830. The molecule has 0 saturated heterocycles. The number of hydrogen-bond donors (Lipinski definition) is 2. The summed E-state index contributed by atoms with van der Waals surface area (Å²) >= 11 is 0. The molecular formula is C8H14N2O. The van der Waals surface area contributed by atoms with Crippen LogP contribution in [0.4, 0.5) is 0 Å². The standard InChI is InChI=1S/C8H14N2O/c1-2-8(11)10-7-5-3-4-6(7)9/h2,6-7H,1,3-5,9H2,(H,10,11)/t6-,7+/m0/s1. The average molecular weight is 154 g/mol. The van der Waals surface area contributed by atoms with Crippen LogP contribution in [0.1, 0.15) is 19.3 Å². The van der Waals surface area contributed by atoms with Crippen LogP contribution in [0, 0.1) is 0 Å². The number of carbonyl (C=O) groups excluding carboxylic acids is 1. The van der Waals surface area contributed by atoms with Crippen molar-refractivity contribution in [3.05, 3.63) is 12.7 Å². The number of amides is 1. The van der Waals surface area contributed by atoms with E-state index in [0.717, 1.165) is 19.3 Å². The molecule has 11 heavy (non-hydrogen) atoms. The molecule has 0 radical (unpaired) electrons. The molecule has 1 amide bonds. The van der Waals surface area contributed by atoms with Crippen molar-refractivity contribution in [2.45, 2.75) is 31.3 Å². The molecule has 62 valence electrons. The molecule has 0 aliphatic heterocycles. The molecule has 0 unspecified atom stereocenters. The van der Waals surface area contributed by atoms with Gasteiger partial charge in [-0.2, -0.15) is 0 Å². The summed E-state index contributed by atoms with van der Waals surface area (Å²) in [6.45, 7) is 3.37. The van der Waals surface area contributed by atoms with E-state index < -0.39 is 0 Å². The minimum Gasteiger partial charge on any atom is -0.348 e. The van der Waals surface area contributed by atoms with Crippen LogP contribution in [0.3, 0.4) is 0 Å². The van der Waals surface area contributed by atoms with Crippen LogP contribution in [0.5, 0.6) is 0 Å². The minimum absolute atomic E-state index is 0.118. The Labute approximate surface area is 66.6 Å². The molecule has 0 aromatic carbocycles. The maximum Gasteiger partial charge on any atom is 0.243 e. The molecule has 1 rings (SSSR count). The van der Waals surface area contributed by atoms with Crippen molar-refractivity contribution in [3.63, 3.8) is 0 Å². The Morgan fingerprint density at radius 3 is 2.82 bits per heavy atom. The summed E-state index contributed by atoms with van der Waals surface area (Å²) in [5.41, 5.74) is 5.73. The fourth-order valence-electron chi connectivity index (χ4n) is 1.41. The minimum atomic E-state index is -0.118. The Morgan fingerprint density at radius 2 is 2.36 bits per heavy atom. The predicted octanol–water partition coefficient (Wildman–Crippen LogP) is 0.168. The molecule has 2 atom stereocenters. The molecule has 0 heterocycles. The van der Waals surface area contributed by atoms with Gasteiger partial charge in [-0.1, -0.05) is 6.58 Å². The lowest BCUT2D eigenvalue weighted by Crippen LogP contribution is -2.43. The second-order valence-electron chi connectivity index (χ2n) is 2.91. The van der Waals surface area contributed by atoms with E-state index in [0.29, 0.717) is 0 Å². The van der Waals surface area contributed by atoms with Crippen LogP contribution in [-0.4, -0.2) is 18.0 Å². The molecule has 0 spiro atoms. The molecule has 1 aliphatic carbocycles. The van der Waals surface area contributed by atoms with Crippen LogP contribution in [-0.2, 0) is 4.79 Å². The fourth-order valence-corrected chi connectivity index (χ4v) is 1.41.